The highest BCUT2D eigenvalue weighted by atomic mass is 16.2. The number of carbonyl (C=O) groups is 2. The Bertz CT molecular complexity index is 329. The second-order valence-electron chi connectivity index (χ2n) is 5.49. The Kier molecular flexibility index (Phi) is 3.40. The first kappa shape index (κ1) is 12.4. The zero-order valence-electron chi connectivity index (χ0n) is 10.9. The monoisotopic (exact) mass is 238 g/mol. The Labute approximate surface area is 103 Å². The van der Waals surface area contributed by atoms with Gasteiger partial charge in [0, 0.05) is 6.54 Å². The summed E-state index contributed by atoms with van der Waals surface area (Å²) in [5.41, 5.74) is 0. The van der Waals surface area contributed by atoms with E-state index in [-0.39, 0.29) is 23.9 Å². The summed E-state index contributed by atoms with van der Waals surface area (Å²) in [6.07, 6.45) is 2.85. The molecule has 1 N–H and O–H groups in total. The maximum Gasteiger partial charge on any atom is 0.245 e. The Hall–Kier alpha value is -1.06. The fraction of sp³-hybridized carbons (Fsp3) is 0.846. The van der Waals surface area contributed by atoms with Crippen molar-refractivity contribution in [1.82, 2.24) is 10.2 Å². The number of hydrogen-bond donors (Lipinski definition) is 1. The van der Waals surface area contributed by atoms with Crippen molar-refractivity contribution in [2.75, 3.05) is 6.54 Å². The molecule has 4 nitrogen and oxygen atoms in total. The fourth-order valence-electron chi connectivity index (χ4n) is 2.53. The number of rotatable bonds is 4. The first-order valence-corrected chi connectivity index (χ1v) is 6.65. The molecule has 0 spiro atoms. The predicted octanol–water partition coefficient (Wildman–Crippen LogP) is 1.16. The molecule has 0 radical (unpaired) electrons. The summed E-state index contributed by atoms with van der Waals surface area (Å²) in [5, 5.41) is 2.82. The maximum absolute atomic E-state index is 12.3. The summed E-state index contributed by atoms with van der Waals surface area (Å²) in [6, 6.07) is -0.596. The number of nitrogens with zero attached hydrogens (tertiary/aromatic N) is 1. The number of amides is 2. The number of carbonyl (C=O) groups excluding carboxylic acids is 2. The maximum atomic E-state index is 12.3. The van der Waals surface area contributed by atoms with E-state index in [4.69, 9.17) is 0 Å². The molecule has 96 valence electrons. The molecule has 0 aromatic heterocycles. The molecule has 1 saturated heterocycles. The summed E-state index contributed by atoms with van der Waals surface area (Å²) >= 11 is 0. The second-order valence-corrected chi connectivity index (χ2v) is 5.49. The van der Waals surface area contributed by atoms with E-state index in [1.54, 1.807) is 4.90 Å². The highest BCUT2D eigenvalue weighted by Gasteiger charge is 2.42. The molecular formula is C13H22N2O2. The SMILES string of the molecule is CCCC1NC(=O)C(C)N(CC2CC2C)C1=O. The van der Waals surface area contributed by atoms with Crippen LogP contribution in [0.2, 0.25) is 0 Å². The van der Waals surface area contributed by atoms with Gasteiger partial charge in [0.25, 0.3) is 0 Å². The highest BCUT2D eigenvalue weighted by Crippen LogP contribution is 2.39. The van der Waals surface area contributed by atoms with Crippen molar-refractivity contribution >= 4 is 11.8 Å². The van der Waals surface area contributed by atoms with Gasteiger partial charge in [-0.05, 0) is 31.6 Å². The molecule has 2 fully saturated rings. The van der Waals surface area contributed by atoms with E-state index in [9.17, 15) is 9.59 Å². The van der Waals surface area contributed by atoms with Crippen LogP contribution in [0.25, 0.3) is 0 Å². The van der Waals surface area contributed by atoms with Crippen molar-refractivity contribution in [2.24, 2.45) is 11.8 Å². The van der Waals surface area contributed by atoms with Gasteiger partial charge in [0.2, 0.25) is 11.8 Å². The van der Waals surface area contributed by atoms with Gasteiger partial charge in [0.15, 0.2) is 0 Å². The molecule has 4 atom stereocenters. The molecule has 0 bridgehead atoms. The molecule has 0 aromatic carbocycles. The van der Waals surface area contributed by atoms with Crippen LogP contribution in [0.3, 0.4) is 0 Å². The largest absolute Gasteiger partial charge is 0.343 e. The lowest BCUT2D eigenvalue weighted by molar-refractivity contribution is -0.149. The quantitative estimate of drug-likeness (QED) is 0.799. The number of hydrogen-bond acceptors (Lipinski definition) is 2. The molecular weight excluding hydrogens is 216 g/mol. The number of nitrogens with one attached hydrogen (secondary N) is 1. The van der Waals surface area contributed by atoms with Crippen molar-refractivity contribution in [2.45, 2.75) is 52.1 Å². The molecule has 4 heteroatoms. The molecule has 17 heavy (non-hydrogen) atoms. The molecule has 1 heterocycles. The van der Waals surface area contributed by atoms with Crippen LogP contribution >= 0.6 is 0 Å². The molecule has 0 aromatic rings. The molecule has 1 saturated carbocycles. The van der Waals surface area contributed by atoms with Gasteiger partial charge >= 0.3 is 0 Å². The summed E-state index contributed by atoms with van der Waals surface area (Å²) < 4.78 is 0. The molecule has 1 aliphatic heterocycles. The second kappa shape index (κ2) is 4.67. The van der Waals surface area contributed by atoms with Crippen molar-refractivity contribution in [1.29, 1.82) is 0 Å². The van der Waals surface area contributed by atoms with Gasteiger partial charge in [0.1, 0.15) is 12.1 Å². The fourth-order valence-corrected chi connectivity index (χ4v) is 2.53. The van der Waals surface area contributed by atoms with Crippen molar-refractivity contribution in [3.05, 3.63) is 0 Å². The van der Waals surface area contributed by atoms with E-state index < -0.39 is 0 Å². The van der Waals surface area contributed by atoms with Crippen LogP contribution in [0.15, 0.2) is 0 Å². The van der Waals surface area contributed by atoms with Crippen LogP contribution in [-0.2, 0) is 9.59 Å². The van der Waals surface area contributed by atoms with Crippen LogP contribution < -0.4 is 5.32 Å². The van der Waals surface area contributed by atoms with Gasteiger partial charge < -0.3 is 10.2 Å². The van der Waals surface area contributed by atoms with Gasteiger partial charge in [-0.15, -0.1) is 0 Å². The van der Waals surface area contributed by atoms with Crippen LogP contribution in [0.5, 0.6) is 0 Å². The van der Waals surface area contributed by atoms with Gasteiger partial charge in [0.05, 0.1) is 0 Å². The lowest BCUT2D eigenvalue weighted by atomic mass is 10.0. The van der Waals surface area contributed by atoms with Crippen LogP contribution in [-0.4, -0.2) is 35.3 Å². The third kappa shape index (κ3) is 2.45. The molecule has 1 aliphatic carbocycles. The first-order valence-electron chi connectivity index (χ1n) is 6.65. The highest BCUT2D eigenvalue weighted by molar-refractivity contribution is 5.96. The average Bonchev–Trinajstić information content (AvgIpc) is 2.97. The Morgan fingerprint density at radius 1 is 1.35 bits per heavy atom. The minimum absolute atomic E-state index is 0.00338. The van der Waals surface area contributed by atoms with Crippen molar-refractivity contribution in [3.8, 4) is 0 Å². The summed E-state index contributed by atoms with van der Waals surface area (Å²) in [7, 11) is 0. The minimum atomic E-state index is -0.302. The van der Waals surface area contributed by atoms with Crippen LogP contribution in [0, 0.1) is 11.8 Å². The summed E-state index contributed by atoms with van der Waals surface area (Å²) in [5.74, 6) is 1.42. The molecule has 2 amide bonds. The lowest BCUT2D eigenvalue weighted by Crippen LogP contribution is -2.62. The molecule has 2 rings (SSSR count). The third-order valence-corrected chi connectivity index (χ3v) is 4.03. The molecule has 2 aliphatic rings. The molecule has 4 unspecified atom stereocenters. The zero-order chi connectivity index (χ0) is 12.6. The van der Waals surface area contributed by atoms with Crippen LogP contribution in [0.4, 0.5) is 0 Å². The van der Waals surface area contributed by atoms with E-state index in [0.29, 0.717) is 11.8 Å². The van der Waals surface area contributed by atoms with Gasteiger partial charge in [-0.2, -0.15) is 0 Å². The first-order chi connectivity index (χ1) is 8.04. The van der Waals surface area contributed by atoms with E-state index >= 15 is 0 Å². The van der Waals surface area contributed by atoms with E-state index in [0.717, 1.165) is 19.4 Å². The third-order valence-electron chi connectivity index (χ3n) is 4.03. The lowest BCUT2D eigenvalue weighted by Gasteiger charge is -2.37. The van der Waals surface area contributed by atoms with Gasteiger partial charge in [-0.25, -0.2) is 0 Å². The topological polar surface area (TPSA) is 49.4 Å². The van der Waals surface area contributed by atoms with Crippen molar-refractivity contribution < 1.29 is 9.59 Å². The van der Waals surface area contributed by atoms with Crippen molar-refractivity contribution in [3.63, 3.8) is 0 Å². The average molecular weight is 238 g/mol. The van der Waals surface area contributed by atoms with E-state index in [2.05, 4.69) is 12.2 Å². The number of piperazine rings is 1. The Balaban J connectivity index is 2.04. The summed E-state index contributed by atoms with van der Waals surface area (Å²) in [4.78, 5) is 25.9. The minimum Gasteiger partial charge on any atom is -0.343 e. The smallest absolute Gasteiger partial charge is 0.245 e. The van der Waals surface area contributed by atoms with Crippen LogP contribution in [0.1, 0.15) is 40.0 Å². The normalized spacial score (nSPS) is 37.0. The Morgan fingerprint density at radius 2 is 2.00 bits per heavy atom. The van der Waals surface area contributed by atoms with Gasteiger partial charge in [-0.3, -0.25) is 9.59 Å². The van der Waals surface area contributed by atoms with E-state index in [1.807, 2.05) is 13.8 Å². The van der Waals surface area contributed by atoms with E-state index in [1.165, 1.54) is 6.42 Å². The predicted molar refractivity (Wildman–Crippen MR) is 65.3 cm³/mol. The summed E-state index contributed by atoms with van der Waals surface area (Å²) in [6.45, 7) is 6.81. The van der Waals surface area contributed by atoms with Gasteiger partial charge in [-0.1, -0.05) is 20.3 Å². The zero-order valence-corrected chi connectivity index (χ0v) is 10.9. The standard InChI is InChI=1S/C13H22N2O2/c1-4-5-11-13(17)15(7-10-6-8(10)2)9(3)12(16)14-11/h8-11H,4-7H2,1-3H3,(H,14,16). The Morgan fingerprint density at radius 3 is 2.53 bits per heavy atom.